The molecule has 6 heteroatoms. The van der Waals surface area contributed by atoms with Crippen molar-refractivity contribution in [3.8, 4) is 0 Å². The van der Waals surface area contributed by atoms with E-state index in [1.165, 1.54) is 5.56 Å². The molecule has 1 amide bonds. The number of aryl methyl sites for hydroxylation is 1. The molecule has 120 valence electrons. The molecular weight excluding hydrogens is 290 g/mol. The minimum absolute atomic E-state index is 0.0647. The molecule has 0 unspecified atom stereocenters. The van der Waals surface area contributed by atoms with Gasteiger partial charge in [0.05, 0.1) is 6.20 Å². The van der Waals surface area contributed by atoms with Gasteiger partial charge in [0.15, 0.2) is 0 Å². The SMILES string of the molecule is Cn1cc(/C=C/C(=O)N2CCN(Cc3cccnc3)CC2)cn1. The molecule has 2 aromatic rings. The van der Waals surface area contributed by atoms with Gasteiger partial charge in [-0.15, -0.1) is 0 Å². The quantitative estimate of drug-likeness (QED) is 0.796. The predicted molar refractivity (Wildman–Crippen MR) is 88.3 cm³/mol. The Morgan fingerprint density at radius 1 is 1.26 bits per heavy atom. The van der Waals surface area contributed by atoms with Gasteiger partial charge in [0.1, 0.15) is 0 Å². The second-order valence-electron chi connectivity index (χ2n) is 5.74. The Balaban J connectivity index is 1.48. The van der Waals surface area contributed by atoms with Crippen LogP contribution in [0.3, 0.4) is 0 Å². The lowest BCUT2D eigenvalue weighted by Crippen LogP contribution is -2.47. The number of piperazine rings is 1. The van der Waals surface area contributed by atoms with Gasteiger partial charge < -0.3 is 4.90 Å². The normalized spacial score (nSPS) is 16.1. The number of aromatic nitrogens is 3. The fourth-order valence-electron chi connectivity index (χ4n) is 2.68. The molecule has 2 aromatic heterocycles. The molecule has 23 heavy (non-hydrogen) atoms. The van der Waals surface area contributed by atoms with Crippen molar-refractivity contribution < 1.29 is 4.79 Å². The van der Waals surface area contributed by atoms with Crippen molar-refractivity contribution in [1.82, 2.24) is 24.6 Å². The van der Waals surface area contributed by atoms with Gasteiger partial charge in [0, 0.05) is 70.0 Å². The molecule has 1 aliphatic rings. The summed E-state index contributed by atoms with van der Waals surface area (Å²) in [6.07, 6.45) is 10.8. The summed E-state index contributed by atoms with van der Waals surface area (Å²) in [5, 5.41) is 4.09. The molecule has 3 rings (SSSR count). The average molecular weight is 311 g/mol. The molecule has 0 aliphatic carbocycles. The standard InChI is InChI=1S/C17H21N5O/c1-20-13-16(12-19-20)4-5-17(23)22-9-7-21(8-10-22)14-15-3-2-6-18-11-15/h2-6,11-13H,7-10,14H2,1H3/b5-4+. The van der Waals surface area contributed by atoms with E-state index in [-0.39, 0.29) is 5.91 Å². The number of carbonyl (C=O) groups excluding carboxylic acids is 1. The molecule has 3 heterocycles. The minimum atomic E-state index is 0.0647. The number of hydrogen-bond acceptors (Lipinski definition) is 4. The van der Waals surface area contributed by atoms with Crippen LogP contribution in [0, 0.1) is 0 Å². The lowest BCUT2D eigenvalue weighted by atomic mass is 10.2. The van der Waals surface area contributed by atoms with Gasteiger partial charge in [-0.1, -0.05) is 6.07 Å². The van der Waals surface area contributed by atoms with Crippen LogP contribution in [0.4, 0.5) is 0 Å². The van der Waals surface area contributed by atoms with Crippen molar-refractivity contribution in [3.63, 3.8) is 0 Å². The summed E-state index contributed by atoms with van der Waals surface area (Å²) >= 11 is 0. The number of carbonyl (C=O) groups is 1. The Kier molecular flexibility index (Phi) is 4.83. The predicted octanol–water partition coefficient (Wildman–Crippen LogP) is 1.17. The van der Waals surface area contributed by atoms with Gasteiger partial charge in [-0.05, 0) is 17.7 Å². The highest BCUT2D eigenvalue weighted by molar-refractivity contribution is 5.91. The first kappa shape index (κ1) is 15.4. The maximum Gasteiger partial charge on any atom is 0.246 e. The van der Waals surface area contributed by atoms with Crippen molar-refractivity contribution in [2.24, 2.45) is 7.05 Å². The van der Waals surface area contributed by atoms with Crippen LogP contribution < -0.4 is 0 Å². The molecule has 1 fully saturated rings. The van der Waals surface area contributed by atoms with Crippen LogP contribution in [0.25, 0.3) is 6.08 Å². The third-order valence-electron chi connectivity index (χ3n) is 3.96. The van der Waals surface area contributed by atoms with E-state index in [0.29, 0.717) is 0 Å². The molecule has 0 atom stereocenters. The fraction of sp³-hybridized carbons (Fsp3) is 0.353. The van der Waals surface area contributed by atoms with E-state index < -0.39 is 0 Å². The third-order valence-corrected chi connectivity index (χ3v) is 3.96. The van der Waals surface area contributed by atoms with Crippen molar-refractivity contribution in [2.45, 2.75) is 6.54 Å². The zero-order valence-electron chi connectivity index (χ0n) is 13.3. The highest BCUT2D eigenvalue weighted by Crippen LogP contribution is 2.08. The Hall–Kier alpha value is -2.47. The van der Waals surface area contributed by atoms with Crippen molar-refractivity contribution in [2.75, 3.05) is 26.2 Å². The van der Waals surface area contributed by atoms with Crippen molar-refractivity contribution in [1.29, 1.82) is 0 Å². The number of amides is 1. The first-order chi connectivity index (χ1) is 11.2. The highest BCUT2D eigenvalue weighted by Gasteiger charge is 2.19. The average Bonchev–Trinajstić information content (AvgIpc) is 3.00. The van der Waals surface area contributed by atoms with Crippen molar-refractivity contribution >= 4 is 12.0 Å². The van der Waals surface area contributed by atoms with Crippen LogP contribution in [0.2, 0.25) is 0 Å². The summed E-state index contributed by atoms with van der Waals surface area (Å²) in [4.78, 5) is 20.6. The molecule has 0 bridgehead atoms. The van der Waals surface area contributed by atoms with Crippen molar-refractivity contribution in [3.05, 3.63) is 54.1 Å². The first-order valence-corrected chi connectivity index (χ1v) is 7.77. The van der Waals surface area contributed by atoms with Gasteiger partial charge in [-0.25, -0.2) is 0 Å². The van der Waals surface area contributed by atoms with E-state index in [1.54, 1.807) is 23.2 Å². The van der Waals surface area contributed by atoms with E-state index in [1.807, 2.05) is 36.5 Å². The summed E-state index contributed by atoms with van der Waals surface area (Å²) in [5.41, 5.74) is 2.15. The maximum atomic E-state index is 12.2. The zero-order chi connectivity index (χ0) is 16.1. The first-order valence-electron chi connectivity index (χ1n) is 7.77. The molecule has 0 N–H and O–H groups in total. The molecule has 1 saturated heterocycles. The van der Waals surface area contributed by atoms with Crippen LogP contribution in [0.5, 0.6) is 0 Å². The Morgan fingerprint density at radius 2 is 2.09 bits per heavy atom. The number of hydrogen-bond donors (Lipinski definition) is 0. The Labute approximate surface area is 136 Å². The Bertz CT molecular complexity index is 671. The molecule has 0 radical (unpaired) electrons. The number of nitrogens with zero attached hydrogens (tertiary/aromatic N) is 5. The topological polar surface area (TPSA) is 54.3 Å². The number of pyridine rings is 1. The minimum Gasteiger partial charge on any atom is -0.337 e. The van der Waals surface area contributed by atoms with Gasteiger partial charge in [-0.2, -0.15) is 5.10 Å². The van der Waals surface area contributed by atoms with Gasteiger partial charge in [0.2, 0.25) is 5.91 Å². The second kappa shape index (κ2) is 7.19. The van der Waals surface area contributed by atoms with Crippen LogP contribution >= 0.6 is 0 Å². The van der Waals surface area contributed by atoms with Crippen LogP contribution in [-0.2, 0) is 18.4 Å². The third kappa shape index (κ3) is 4.26. The summed E-state index contributed by atoms with van der Waals surface area (Å²) < 4.78 is 1.72. The highest BCUT2D eigenvalue weighted by atomic mass is 16.2. The maximum absolute atomic E-state index is 12.2. The Morgan fingerprint density at radius 3 is 2.74 bits per heavy atom. The van der Waals surface area contributed by atoms with Crippen LogP contribution in [0.15, 0.2) is 43.0 Å². The number of rotatable bonds is 4. The summed E-state index contributed by atoms with van der Waals surface area (Å²) in [6, 6.07) is 4.04. The van der Waals surface area contributed by atoms with E-state index in [2.05, 4.69) is 21.0 Å². The monoisotopic (exact) mass is 311 g/mol. The zero-order valence-corrected chi connectivity index (χ0v) is 13.3. The summed E-state index contributed by atoms with van der Waals surface area (Å²) in [6.45, 7) is 4.19. The molecule has 6 nitrogen and oxygen atoms in total. The largest absolute Gasteiger partial charge is 0.337 e. The summed E-state index contributed by atoms with van der Waals surface area (Å²) in [5.74, 6) is 0.0647. The lowest BCUT2D eigenvalue weighted by molar-refractivity contribution is -0.127. The van der Waals surface area contributed by atoms with E-state index in [9.17, 15) is 4.79 Å². The molecule has 0 spiro atoms. The smallest absolute Gasteiger partial charge is 0.246 e. The molecular formula is C17H21N5O. The van der Waals surface area contributed by atoms with Gasteiger partial charge in [0.25, 0.3) is 0 Å². The van der Waals surface area contributed by atoms with Gasteiger partial charge in [-0.3, -0.25) is 19.4 Å². The molecule has 1 aliphatic heterocycles. The van der Waals surface area contributed by atoms with E-state index in [4.69, 9.17) is 0 Å². The van der Waals surface area contributed by atoms with Crippen LogP contribution in [-0.4, -0.2) is 56.7 Å². The molecule has 0 saturated carbocycles. The van der Waals surface area contributed by atoms with E-state index in [0.717, 1.165) is 38.3 Å². The fourth-order valence-corrected chi connectivity index (χ4v) is 2.68. The second-order valence-corrected chi connectivity index (χ2v) is 5.74. The summed E-state index contributed by atoms with van der Waals surface area (Å²) in [7, 11) is 1.86. The molecule has 0 aromatic carbocycles. The lowest BCUT2D eigenvalue weighted by Gasteiger charge is -2.34. The van der Waals surface area contributed by atoms with E-state index >= 15 is 0 Å². The van der Waals surface area contributed by atoms with Gasteiger partial charge >= 0.3 is 0 Å². The van der Waals surface area contributed by atoms with Crippen LogP contribution in [0.1, 0.15) is 11.1 Å².